The fraction of sp³-hybridized carbons (Fsp3) is 0.929. The third kappa shape index (κ3) is 6.05. The maximum absolute atomic E-state index is 8.81. The number of rotatable bonds is 7. The van der Waals surface area contributed by atoms with E-state index in [0.717, 1.165) is 31.7 Å². The van der Waals surface area contributed by atoms with Crippen molar-refractivity contribution >= 4 is 0 Å². The lowest BCUT2D eigenvalue weighted by Crippen LogP contribution is -2.34. The third-order valence-corrected chi connectivity index (χ3v) is 3.79. The first-order valence-corrected chi connectivity index (χ1v) is 6.92. The van der Waals surface area contributed by atoms with Crippen molar-refractivity contribution in [2.24, 2.45) is 11.7 Å². The van der Waals surface area contributed by atoms with Crippen LogP contribution in [-0.2, 0) is 0 Å². The molecule has 2 N–H and O–H groups in total. The van der Waals surface area contributed by atoms with E-state index in [1.54, 1.807) is 0 Å². The Balaban J connectivity index is 2.04. The molecular weight excluding hydrogens is 210 g/mol. The van der Waals surface area contributed by atoms with Crippen LogP contribution in [0, 0.1) is 17.2 Å². The smallest absolute Gasteiger partial charge is 0.101 e. The molecule has 1 atom stereocenters. The molecule has 0 amide bonds. The molecule has 98 valence electrons. The van der Waals surface area contributed by atoms with Gasteiger partial charge in [-0.1, -0.05) is 12.8 Å². The highest BCUT2D eigenvalue weighted by molar-refractivity contribution is 5.00. The van der Waals surface area contributed by atoms with Gasteiger partial charge in [-0.2, -0.15) is 5.26 Å². The highest BCUT2D eigenvalue weighted by Gasteiger charge is 2.18. The van der Waals surface area contributed by atoms with Gasteiger partial charge < -0.3 is 10.6 Å². The first-order valence-electron chi connectivity index (χ1n) is 6.92. The Morgan fingerprint density at radius 3 is 2.59 bits per heavy atom. The summed E-state index contributed by atoms with van der Waals surface area (Å²) in [4.78, 5) is 2.44. The van der Waals surface area contributed by atoms with E-state index in [0.29, 0.717) is 0 Å². The van der Waals surface area contributed by atoms with E-state index in [4.69, 9.17) is 11.0 Å². The zero-order valence-electron chi connectivity index (χ0n) is 11.4. The van der Waals surface area contributed by atoms with Crippen LogP contribution in [0.15, 0.2) is 0 Å². The summed E-state index contributed by atoms with van der Waals surface area (Å²) in [7, 11) is 2.21. The molecule has 3 heteroatoms. The van der Waals surface area contributed by atoms with Crippen LogP contribution in [0.25, 0.3) is 0 Å². The Morgan fingerprint density at radius 2 is 2.00 bits per heavy atom. The maximum atomic E-state index is 8.81. The Hall–Kier alpha value is -0.590. The van der Waals surface area contributed by atoms with Crippen molar-refractivity contribution in [2.45, 2.75) is 57.4 Å². The van der Waals surface area contributed by atoms with E-state index in [2.05, 4.69) is 18.0 Å². The normalized spacial score (nSPS) is 20.4. The predicted molar refractivity (Wildman–Crippen MR) is 71.5 cm³/mol. The van der Waals surface area contributed by atoms with E-state index >= 15 is 0 Å². The van der Waals surface area contributed by atoms with Gasteiger partial charge in [0, 0.05) is 6.54 Å². The SMILES string of the molecule is CN(CCCCC(C)(N)C#N)CC1CCCC1. The number of nitrogens with zero attached hydrogens (tertiary/aromatic N) is 2. The van der Waals surface area contributed by atoms with Gasteiger partial charge in [-0.05, 0) is 58.5 Å². The molecule has 0 aliphatic heterocycles. The van der Waals surface area contributed by atoms with E-state index in [-0.39, 0.29) is 0 Å². The Bertz CT molecular complexity index is 249. The van der Waals surface area contributed by atoms with Crippen molar-refractivity contribution in [2.75, 3.05) is 20.1 Å². The molecule has 1 fully saturated rings. The summed E-state index contributed by atoms with van der Waals surface area (Å²) < 4.78 is 0. The second-order valence-corrected chi connectivity index (χ2v) is 5.90. The largest absolute Gasteiger partial charge is 0.314 e. The lowest BCUT2D eigenvalue weighted by Gasteiger charge is -2.21. The van der Waals surface area contributed by atoms with Crippen LogP contribution in [0.4, 0.5) is 0 Å². The predicted octanol–water partition coefficient (Wildman–Crippen LogP) is 2.52. The first kappa shape index (κ1) is 14.5. The zero-order valence-corrected chi connectivity index (χ0v) is 11.4. The van der Waals surface area contributed by atoms with Gasteiger partial charge in [0.15, 0.2) is 0 Å². The summed E-state index contributed by atoms with van der Waals surface area (Å²) in [6, 6.07) is 2.15. The lowest BCUT2D eigenvalue weighted by atomic mass is 9.98. The highest BCUT2D eigenvalue weighted by atomic mass is 15.1. The van der Waals surface area contributed by atoms with Crippen molar-refractivity contribution in [3.8, 4) is 6.07 Å². The molecule has 0 saturated heterocycles. The van der Waals surface area contributed by atoms with Crippen LogP contribution in [0.2, 0.25) is 0 Å². The monoisotopic (exact) mass is 237 g/mol. The molecule has 1 aliphatic rings. The van der Waals surface area contributed by atoms with E-state index in [1.807, 2.05) is 6.92 Å². The average Bonchev–Trinajstić information content (AvgIpc) is 2.77. The van der Waals surface area contributed by atoms with Crippen molar-refractivity contribution in [1.82, 2.24) is 4.90 Å². The topological polar surface area (TPSA) is 53.0 Å². The van der Waals surface area contributed by atoms with Gasteiger partial charge >= 0.3 is 0 Å². The molecule has 0 aromatic heterocycles. The van der Waals surface area contributed by atoms with Gasteiger partial charge in [0.05, 0.1) is 6.07 Å². The summed E-state index contributed by atoms with van der Waals surface area (Å²) in [5.41, 5.74) is 5.16. The second kappa shape index (κ2) is 6.98. The molecule has 0 radical (unpaired) electrons. The Kier molecular flexibility index (Phi) is 5.94. The average molecular weight is 237 g/mol. The molecule has 0 aromatic rings. The van der Waals surface area contributed by atoms with Gasteiger partial charge in [0.2, 0.25) is 0 Å². The summed E-state index contributed by atoms with van der Waals surface area (Å²) >= 11 is 0. The summed E-state index contributed by atoms with van der Waals surface area (Å²) in [5.74, 6) is 0.930. The van der Waals surface area contributed by atoms with Gasteiger partial charge in [-0.25, -0.2) is 0 Å². The van der Waals surface area contributed by atoms with Crippen LogP contribution >= 0.6 is 0 Å². The number of hydrogen-bond acceptors (Lipinski definition) is 3. The van der Waals surface area contributed by atoms with Crippen LogP contribution in [0.1, 0.15) is 51.9 Å². The molecule has 1 aliphatic carbocycles. The minimum atomic E-state index is -0.635. The van der Waals surface area contributed by atoms with E-state index in [9.17, 15) is 0 Å². The molecule has 17 heavy (non-hydrogen) atoms. The van der Waals surface area contributed by atoms with E-state index < -0.39 is 5.54 Å². The van der Waals surface area contributed by atoms with Crippen molar-refractivity contribution < 1.29 is 0 Å². The van der Waals surface area contributed by atoms with Crippen LogP contribution in [0.5, 0.6) is 0 Å². The standard InChI is InChI=1S/C14H27N3/c1-14(16,12-15)9-5-6-10-17(2)11-13-7-3-4-8-13/h13H,3-11,16H2,1-2H3. The van der Waals surface area contributed by atoms with Crippen LogP contribution in [-0.4, -0.2) is 30.6 Å². The quantitative estimate of drug-likeness (QED) is 0.692. The molecule has 1 rings (SSSR count). The minimum Gasteiger partial charge on any atom is -0.314 e. The van der Waals surface area contributed by atoms with Crippen molar-refractivity contribution in [3.63, 3.8) is 0 Å². The fourth-order valence-electron chi connectivity index (χ4n) is 2.65. The third-order valence-electron chi connectivity index (χ3n) is 3.79. The summed E-state index contributed by atoms with van der Waals surface area (Å²) in [6.07, 6.45) is 8.69. The molecular formula is C14H27N3. The van der Waals surface area contributed by atoms with Crippen LogP contribution < -0.4 is 5.73 Å². The molecule has 3 nitrogen and oxygen atoms in total. The van der Waals surface area contributed by atoms with E-state index in [1.165, 1.54) is 32.2 Å². The fourth-order valence-corrected chi connectivity index (χ4v) is 2.65. The van der Waals surface area contributed by atoms with Crippen molar-refractivity contribution in [3.05, 3.63) is 0 Å². The molecule has 0 heterocycles. The molecule has 0 aromatic carbocycles. The maximum Gasteiger partial charge on any atom is 0.101 e. The number of hydrogen-bond donors (Lipinski definition) is 1. The summed E-state index contributed by atoms with van der Waals surface area (Å²) in [6.45, 7) is 4.20. The van der Waals surface area contributed by atoms with Crippen molar-refractivity contribution in [1.29, 1.82) is 5.26 Å². The Labute approximate surface area is 106 Å². The number of nitrogens with two attached hydrogens (primary N) is 1. The van der Waals surface area contributed by atoms with Gasteiger partial charge in [-0.3, -0.25) is 0 Å². The van der Waals surface area contributed by atoms with Gasteiger partial charge in [0.1, 0.15) is 5.54 Å². The van der Waals surface area contributed by atoms with Gasteiger partial charge in [0.25, 0.3) is 0 Å². The molecule has 1 unspecified atom stereocenters. The van der Waals surface area contributed by atoms with Gasteiger partial charge in [-0.15, -0.1) is 0 Å². The Morgan fingerprint density at radius 1 is 1.35 bits per heavy atom. The first-order chi connectivity index (χ1) is 8.03. The zero-order chi connectivity index (χ0) is 12.7. The van der Waals surface area contributed by atoms with Crippen LogP contribution in [0.3, 0.4) is 0 Å². The summed E-state index contributed by atoms with van der Waals surface area (Å²) in [5, 5.41) is 8.81. The lowest BCUT2D eigenvalue weighted by molar-refractivity contribution is 0.270. The minimum absolute atomic E-state index is 0.635. The molecule has 0 spiro atoms. The second-order valence-electron chi connectivity index (χ2n) is 5.90. The molecule has 1 saturated carbocycles. The highest BCUT2D eigenvalue weighted by Crippen LogP contribution is 2.25. The number of nitriles is 1. The molecule has 0 bridgehead atoms. The number of unbranched alkanes of at least 4 members (excludes halogenated alkanes) is 1.